The summed E-state index contributed by atoms with van der Waals surface area (Å²) in [4.78, 5) is 2.50. The van der Waals surface area contributed by atoms with Crippen LogP contribution in [0.3, 0.4) is 0 Å². The van der Waals surface area contributed by atoms with Gasteiger partial charge >= 0.3 is 0 Å². The zero-order valence-electron chi connectivity index (χ0n) is 10.6. The molecule has 0 aliphatic heterocycles. The largest absolute Gasteiger partial charge is 0.395 e. The average Bonchev–Trinajstić information content (AvgIpc) is 2.40. The summed E-state index contributed by atoms with van der Waals surface area (Å²) in [5, 5.41) is 9.16. The molecule has 2 heteroatoms. The molecule has 2 nitrogen and oxygen atoms in total. The fraction of sp³-hybridized carbons (Fsp3) is 1.00. The standard InChI is InChI=1S/C13H27NO/c1-13(2,3)14(10-11-15)12-8-6-4-5-7-9-12/h12,15H,4-11H2,1-3H3. The van der Waals surface area contributed by atoms with E-state index in [1.807, 2.05) is 0 Å². The van der Waals surface area contributed by atoms with E-state index in [1.54, 1.807) is 0 Å². The summed E-state index contributed by atoms with van der Waals surface area (Å²) in [5.74, 6) is 0. The third kappa shape index (κ3) is 4.12. The molecule has 1 aliphatic carbocycles. The van der Waals surface area contributed by atoms with Gasteiger partial charge in [0, 0.05) is 18.1 Å². The summed E-state index contributed by atoms with van der Waals surface area (Å²) in [6, 6.07) is 0.694. The normalized spacial score (nSPS) is 20.6. The highest BCUT2D eigenvalue weighted by Gasteiger charge is 2.28. The van der Waals surface area contributed by atoms with Gasteiger partial charge in [0.05, 0.1) is 6.61 Å². The second kappa shape index (κ2) is 5.86. The van der Waals surface area contributed by atoms with Gasteiger partial charge in [0.2, 0.25) is 0 Å². The van der Waals surface area contributed by atoms with E-state index < -0.39 is 0 Å². The topological polar surface area (TPSA) is 23.5 Å². The molecule has 15 heavy (non-hydrogen) atoms. The van der Waals surface area contributed by atoms with Crippen molar-refractivity contribution in [1.82, 2.24) is 4.90 Å². The van der Waals surface area contributed by atoms with Gasteiger partial charge in [-0.1, -0.05) is 25.7 Å². The van der Waals surface area contributed by atoms with E-state index in [0.29, 0.717) is 6.04 Å². The number of β-amino-alcohol motifs (C(OH)–C–C–N with tert-alkyl or cyclic N) is 1. The molecular weight excluding hydrogens is 186 g/mol. The first-order valence-corrected chi connectivity index (χ1v) is 6.43. The van der Waals surface area contributed by atoms with Gasteiger partial charge < -0.3 is 5.11 Å². The van der Waals surface area contributed by atoms with Gasteiger partial charge in [0.25, 0.3) is 0 Å². The summed E-state index contributed by atoms with van der Waals surface area (Å²) in [6.07, 6.45) is 8.15. The quantitative estimate of drug-likeness (QED) is 0.729. The van der Waals surface area contributed by atoms with E-state index >= 15 is 0 Å². The molecule has 0 aromatic rings. The molecule has 1 rings (SSSR count). The first-order chi connectivity index (χ1) is 7.05. The van der Waals surface area contributed by atoms with Crippen LogP contribution in [-0.2, 0) is 0 Å². The maximum Gasteiger partial charge on any atom is 0.0558 e. The van der Waals surface area contributed by atoms with Crippen LogP contribution in [0.1, 0.15) is 59.3 Å². The zero-order chi connectivity index (χ0) is 11.3. The third-order valence-corrected chi connectivity index (χ3v) is 3.47. The van der Waals surface area contributed by atoms with Crippen LogP contribution in [-0.4, -0.2) is 34.7 Å². The SMILES string of the molecule is CC(C)(C)N(CCO)C1CCCCCC1. The number of aliphatic hydroxyl groups excluding tert-OH is 1. The predicted octanol–water partition coefficient (Wildman–Crippen LogP) is 2.80. The highest BCUT2D eigenvalue weighted by atomic mass is 16.3. The van der Waals surface area contributed by atoms with E-state index in [-0.39, 0.29) is 12.1 Å². The smallest absolute Gasteiger partial charge is 0.0558 e. The molecular formula is C13H27NO. The Morgan fingerprint density at radius 2 is 1.60 bits per heavy atom. The second-order valence-electron chi connectivity index (χ2n) is 5.73. The van der Waals surface area contributed by atoms with Crippen LogP contribution >= 0.6 is 0 Å². The number of nitrogens with zero attached hydrogens (tertiary/aromatic N) is 1. The molecule has 0 bridgehead atoms. The van der Waals surface area contributed by atoms with E-state index in [4.69, 9.17) is 5.11 Å². The molecule has 0 unspecified atom stereocenters. The molecule has 0 amide bonds. The molecule has 1 saturated carbocycles. The van der Waals surface area contributed by atoms with Crippen molar-refractivity contribution in [2.24, 2.45) is 0 Å². The molecule has 0 heterocycles. The van der Waals surface area contributed by atoms with Crippen molar-refractivity contribution in [3.05, 3.63) is 0 Å². The molecule has 0 radical (unpaired) electrons. The van der Waals surface area contributed by atoms with Gasteiger partial charge in [0.15, 0.2) is 0 Å². The maximum atomic E-state index is 9.16. The van der Waals surface area contributed by atoms with Crippen LogP contribution in [0.15, 0.2) is 0 Å². The predicted molar refractivity (Wildman–Crippen MR) is 65.0 cm³/mol. The van der Waals surface area contributed by atoms with Crippen molar-refractivity contribution in [2.45, 2.75) is 70.9 Å². The van der Waals surface area contributed by atoms with E-state index in [1.165, 1.54) is 38.5 Å². The zero-order valence-corrected chi connectivity index (χ0v) is 10.6. The van der Waals surface area contributed by atoms with Gasteiger partial charge in [-0.3, -0.25) is 4.90 Å². The Kier molecular flexibility index (Phi) is 5.07. The van der Waals surface area contributed by atoms with Gasteiger partial charge in [0.1, 0.15) is 0 Å². The second-order valence-corrected chi connectivity index (χ2v) is 5.73. The molecule has 90 valence electrons. The van der Waals surface area contributed by atoms with Gasteiger partial charge in [-0.2, -0.15) is 0 Å². The van der Waals surface area contributed by atoms with E-state index in [2.05, 4.69) is 25.7 Å². The molecule has 0 saturated heterocycles. The van der Waals surface area contributed by atoms with Crippen molar-refractivity contribution in [2.75, 3.05) is 13.2 Å². The summed E-state index contributed by atoms with van der Waals surface area (Å²) in [7, 11) is 0. The fourth-order valence-corrected chi connectivity index (χ4v) is 2.74. The van der Waals surface area contributed by atoms with E-state index in [9.17, 15) is 0 Å². The van der Waals surface area contributed by atoms with Crippen LogP contribution in [0.25, 0.3) is 0 Å². The number of hydrogen-bond donors (Lipinski definition) is 1. The summed E-state index contributed by atoms with van der Waals surface area (Å²) < 4.78 is 0. The van der Waals surface area contributed by atoms with Gasteiger partial charge in [-0.15, -0.1) is 0 Å². The van der Waals surface area contributed by atoms with Gasteiger partial charge in [-0.25, -0.2) is 0 Å². The van der Waals surface area contributed by atoms with Crippen molar-refractivity contribution in [3.8, 4) is 0 Å². The third-order valence-electron chi connectivity index (χ3n) is 3.47. The highest BCUT2D eigenvalue weighted by Crippen LogP contribution is 2.26. The maximum absolute atomic E-state index is 9.16. The minimum atomic E-state index is 0.192. The van der Waals surface area contributed by atoms with Crippen molar-refractivity contribution in [3.63, 3.8) is 0 Å². The van der Waals surface area contributed by atoms with Crippen LogP contribution in [0.5, 0.6) is 0 Å². The van der Waals surface area contributed by atoms with E-state index in [0.717, 1.165) is 6.54 Å². The Balaban J connectivity index is 2.60. The minimum absolute atomic E-state index is 0.192. The van der Waals surface area contributed by atoms with Crippen LogP contribution in [0.2, 0.25) is 0 Å². The van der Waals surface area contributed by atoms with Gasteiger partial charge in [-0.05, 0) is 33.6 Å². The molecule has 1 aliphatic rings. The van der Waals surface area contributed by atoms with Crippen LogP contribution in [0.4, 0.5) is 0 Å². The molecule has 1 N–H and O–H groups in total. The van der Waals surface area contributed by atoms with Crippen LogP contribution < -0.4 is 0 Å². The summed E-state index contributed by atoms with van der Waals surface area (Å²) >= 11 is 0. The highest BCUT2D eigenvalue weighted by molar-refractivity contribution is 4.84. The van der Waals surface area contributed by atoms with Crippen molar-refractivity contribution >= 4 is 0 Å². The summed E-state index contributed by atoms with van der Waals surface area (Å²) in [5.41, 5.74) is 0.192. The first kappa shape index (κ1) is 13.0. The lowest BCUT2D eigenvalue weighted by molar-refractivity contribution is 0.0530. The lowest BCUT2D eigenvalue weighted by Crippen LogP contribution is -2.49. The Hall–Kier alpha value is -0.0800. The average molecular weight is 213 g/mol. The number of aliphatic hydroxyl groups is 1. The molecule has 1 fully saturated rings. The molecule has 0 aromatic heterocycles. The number of hydrogen-bond acceptors (Lipinski definition) is 2. The Morgan fingerprint density at radius 1 is 1.07 bits per heavy atom. The Morgan fingerprint density at radius 3 is 2.00 bits per heavy atom. The van der Waals surface area contributed by atoms with Crippen molar-refractivity contribution in [1.29, 1.82) is 0 Å². The molecule has 0 aromatic carbocycles. The van der Waals surface area contributed by atoms with Crippen LogP contribution in [0, 0.1) is 0 Å². The monoisotopic (exact) mass is 213 g/mol. The molecule has 0 atom stereocenters. The lowest BCUT2D eigenvalue weighted by Gasteiger charge is -2.41. The molecule has 0 spiro atoms. The Bertz CT molecular complexity index is 166. The fourth-order valence-electron chi connectivity index (χ4n) is 2.74. The lowest BCUT2D eigenvalue weighted by atomic mass is 9.98. The summed E-state index contributed by atoms with van der Waals surface area (Å²) in [6.45, 7) is 7.89. The first-order valence-electron chi connectivity index (χ1n) is 6.43. The van der Waals surface area contributed by atoms with Crippen molar-refractivity contribution < 1.29 is 5.11 Å². The minimum Gasteiger partial charge on any atom is -0.395 e. The Labute approximate surface area is 94.7 Å². The number of rotatable bonds is 3.